The summed E-state index contributed by atoms with van der Waals surface area (Å²) < 4.78 is 18.3. The molecule has 0 atom stereocenters. The van der Waals surface area contributed by atoms with E-state index in [2.05, 4.69) is 15.8 Å². The predicted molar refractivity (Wildman–Crippen MR) is 72.1 cm³/mol. The van der Waals surface area contributed by atoms with Gasteiger partial charge in [0.25, 0.3) is 11.8 Å². The van der Waals surface area contributed by atoms with Crippen LogP contribution in [0, 0.1) is 5.82 Å². The first kappa shape index (κ1) is 14.4. The minimum atomic E-state index is -0.760. The SMILES string of the molecule is COc1ncccc1C(=O)NNC(=O)c1ccccc1F. The van der Waals surface area contributed by atoms with E-state index in [0.29, 0.717) is 0 Å². The van der Waals surface area contributed by atoms with E-state index < -0.39 is 17.6 Å². The van der Waals surface area contributed by atoms with Crippen molar-refractivity contribution >= 4 is 11.8 Å². The first-order valence-corrected chi connectivity index (χ1v) is 5.97. The molecule has 2 N–H and O–H groups in total. The van der Waals surface area contributed by atoms with Gasteiger partial charge in [-0.1, -0.05) is 12.1 Å². The van der Waals surface area contributed by atoms with Crippen molar-refractivity contribution in [3.05, 3.63) is 59.5 Å². The maximum absolute atomic E-state index is 13.4. The van der Waals surface area contributed by atoms with E-state index in [1.807, 2.05) is 0 Å². The summed E-state index contributed by atoms with van der Waals surface area (Å²) in [7, 11) is 1.37. The van der Waals surface area contributed by atoms with Gasteiger partial charge in [-0.3, -0.25) is 20.4 Å². The van der Waals surface area contributed by atoms with E-state index in [4.69, 9.17) is 4.74 Å². The van der Waals surface area contributed by atoms with Crippen molar-refractivity contribution in [2.45, 2.75) is 0 Å². The molecule has 0 aliphatic carbocycles. The van der Waals surface area contributed by atoms with Gasteiger partial charge in [0.2, 0.25) is 5.88 Å². The van der Waals surface area contributed by atoms with Crippen molar-refractivity contribution in [2.24, 2.45) is 0 Å². The Kier molecular flexibility index (Phi) is 4.45. The van der Waals surface area contributed by atoms with Crippen LogP contribution in [0.3, 0.4) is 0 Å². The molecule has 108 valence electrons. The number of carbonyl (C=O) groups excluding carboxylic acids is 2. The lowest BCUT2D eigenvalue weighted by Crippen LogP contribution is -2.42. The third kappa shape index (κ3) is 3.33. The largest absolute Gasteiger partial charge is 0.480 e. The molecule has 6 nitrogen and oxygen atoms in total. The minimum absolute atomic E-state index is 0.121. The smallest absolute Gasteiger partial charge is 0.275 e. The monoisotopic (exact) mass is 289 g/mol. The van der Waals surface area contributed by atoms with E-state index >= 15 is 0 Å². The van der Waals surface area contributed by atoms with Gasteiger partial charge >= 0.3 is 0 Å². The Hall–Kier alpha value is -2.96. The molecular formula is C14H12FN3O3. The molecule has 1 heterocycles. The number of benzene rings is 1. The van der Waals surface area contributed by atoms with Gasteiger partial charge in [0.05, 0.1) is 12.7 Å². The number of hydrazine groups is 1. The predicted octanol–water partition coefficient (Wildman–Crippen LogP) is 1.30. The van der Waals surface area contributed by atoms with Gasteiger partial charge in [-0.05, 0) is 24.3 Å². The van der Waals surface area contributed by atoms with Gasteiger partial charge in [-0.2, -0.15) is 0 Å². The van der Waals surface area contributed by atoms with Crippen molar-refractivity contribution in [3.63, 3.8) is 0 Å². The van der Waals surface area contributed by atoms with E-state index in [9.17, 15) is 14.0 Å². The van der Waals surface area contributed by atoms with Crippen LogP contribution in [0.1, 0.15) is 20.7 Å². The third-order valence-electron chi connectivity index (χ3n) is 2.62. The van der Waals surface area contributed by atoms with E-state index in [1.165, 1.54) is 37.6 Å². The number of aromatic nitrogens is 1. The number of methoxy groups -OCH3 is 1. The van der Waals surface area contributed by atoms with Crippen LogP contribution in [-0.4, -0.2) is 23.9 Å². The van der Waals surface area contributed by atoms with Crippen LogP contribution >= 0.6 is 0 Å². The van der Waals surface area contributed by atoms with Crippen LogP contribution in [0.25, 0.3) is 0 Å². The molecule has 21 heavy (non-hydrogen) atoms. The number of carbonyl (C=O) groups is 2. The summed E-state index contributed by atoms with van der Waals surface area (Å²) in [5, 5.41) is 0. The van der Waals surface area contributed by atoms with Crippen LogP contribution in [0.2, 0.25) is 0 Å². The Balaban J connectivity index is 2.05. The van der Waals surface area contributed by atoms with Crippen molar-refractivity contribution in [1.29, 1.82) is 0 Å². The summed E-state index contributed by atoms with van der Waals surface area (Å²) in [6, 6.07) is 8.48. The second kappa shape index (κ2) is 6.47. The van der Waals surface area contributed by atoms with E-state index in [1.54, 1.807) is 6.07 Å². The summed E-state index contributed by atoms with van der Waals surface area (Å²) in [4.78, 5) is 27.5. The van der Waals surface area contributed by atoms with Crippen LogP contribution < -0.4 is 15.6 Å². The van der Waals surface area contributed by atoms with Gasteiger partial charge in [0.1, 0.15) is 11.4 Å². The summed E-state index contributed by atoms with van der Waals surface area (Å²) in [5.74, 6) is -1.94. The summed E-state index contributed by atoms with van der Waals surface area (Å²) in [6.07, 6.45) is 1.47. The zero-order chi connectivity index (χ0) is 15.2. The highest BCUT2D eigenvalue weighted by atomic mass is 19.1. The molecule has 2 rings (SSSR count). The lowest BCUT2D eigenvalue weighted by Gasteiger charge is -2.09. The van der Waals surface area contributed by atoms with Crippen LogP contribution in [0.15, 0.2) is 42.6 Å². The molecule has 1 aromatic heterocycles. The Labute approximate surface area is 119 Å². The minimum Gasteiger partial charge on any atom is -0.480 e. The number of nitrogens with one attached hydrogen (secondary N) is 2. The fourth-order valence-electron chi connectivity index (χ4n) is 1.62. The fraction of sp³-hybridized carbons (Fsp3) is 0.0714. The first-order valence-electron chi connectivity index (χ1n) is 5.97. The molecule has 0 spiro atoms. The summed E-state index contributed by atoms with van der Waals surface area (Å²) >= 11 is 0. The molecule has 0 saturated carbocycles. The average molecular weight is 289 g/mol. The first-order chi connectivity index (χ1) is 10.1. The normalized spacial score (nSPS) is 9.81. The van der Waals surface area contributed by atoms with Crippen LogP contribution in [0.4, 0.5) is 4.39 Å². The Morgan fingerprint density at radius 1 is 1.05 bits per heavy atom. The van der Waals surface area contributed by atoms with Gasteiger partial charge in [0, 0.05) is 6.20 Å². The highest BCUT2D eigenvalue weighted by Crippen LogP contribution is 2.12. The van der Waals surface area contributed by atoms with Gasteiger partial charge < -0.3 is 4.74 Å². The number of hydrogen-bond acceptors (Lipinski definition) is 4. The zero-order valence-corrected chi connectivity index (χ0v) is 11.1. The third-order valence-corrected chi connectivity index (χ3v) is 2.62. The number of ether oxygens (including phenoxy) is 1. The van der Waals surface area contributed by atoms with Gasteiger partial charge in [0.15, 0.2) is 0 Å². The topological polar surface area (TPSA) is 80.3 Å². The van der Waals surface area contributed by atoms with E-state index in [-0.39, 0.29) is 17.0 Å². The average Bonchev–Trinajstić information content (AvgIpc) is 2.52. The van der Waals surface area contributed by atoms with Gasteiger partial charge in [-0.25, -0.2) is 9.37 Å². The number of pyridine rings is 1. The van der Waals surface area contributed by atoms with Crippen molar-refractivity contribution in [3.8, 4) is 5.88 Å². The molecule has 2 amide bonds. The standard InChI is InChI=1S/C14H12FN3O3/c1-21-14-10(6-4-8-16-14)13(20)18-17-12(19)9-5-2-3-7-11(9)15/h2-8H,1H3,(H,17,19)(H,18,20). The number of halogens is 1. The molecule has 1 aromatic carbocycles. The molecule has 0 aliphatic rings. The molecule has 0 radical (unpaired) electrons. The maximum atomic E-state index is 13.4. The summed E-state index contributed by atoms with van der Waals surface area (Å²) in [5.41, 5.74) is 4.28. The van der Waals surface area contributed by atoms with Crippen molar-refractivity contribution in [2.75, 3.05) is 7.11 Å². The van der Waals surface area contributed by atoms with E-state index in [0.717, 1.165) is 6.07 Å². The molecule has 0 bridgehead atoms. The van der Waals surface area contributed by atoms with Crippen molar-refractivity contribution in [1.82, 2.24) is 15.8 Å². The molecular weight excluding hydrogens is 277 g/mol. The molecule has 0 saturated heterocycles. The lowest BCUT2D eigenvalue weighted by molar-refractivity contribution is 0.0842. The second-order valence-electron chi connectivity index (χ2n) is 3.95. The molecule has 7 heteroatoms. The number of rotatable bonds is 3. The molecule has 0 unspecified atom stereocenters. The molecule has 0 fully saturated rings. The highest BCUT2D eigenvalue weighted by molar-refractivity contribution is 6.00. The Bertz CT molecular complexity index is 676. The number of hydrogen-bond donors (Lipinski definition) is 2. The quantitative estimate of drug-likeness (QED) is 0.835. The molecule has 0 aliphatic heterocycles. The number of amides is 2. The van der Waals surface area contributed by atoms with Crippen LogP contribution in [-0.2, 0) is 0 Å². The highest BCUT2D eigenvalue weighted by Gasteiger charge is 2.15. The Morgan fingerprint density at radius 2 is 1.67 bits per heavy atom. The Morgan fingerprint density at radius 3 is 2.33 bits per heavy atom. The summed E-state index contributed by atoms with van der Waals surface area (Å²) in [6.45, 7) is 0. The van der Waals surface area contributed by atoms with Gasteiger partial charge in [-0.15, -0.1) is 0 Å². The fourth-order valence-corrected chi connectivity index (χ4v) is 1.62. The zero-order valence-electron chi connectivity index (χ0n) is 11.1. The maximum Gasteiger partial charge on any atom is 0.275 e. The second-order valence-corrected chi connectivity index (χ2v) is 3.95. The van der Waals surface area contributed by atoms with Crippen molar-refractivity contribution < 1.29 is 18.7 Å². The van der Waals surface area contributed by atoms with Crippen LogP contribution in [0.5, 0.6) is 5.88 Å². The number of nitrogens with zero attached hydrogens (tertiary/aromatic N) is 1. The lowest BCUT2D eigenvalue weighted by atomic mass is 10.2. The molecule has 2 aromatic rings.